The molecule has 25 heavy (non-hydrogen) atoms. The Kier molecular flexibility index (Phi) is 4.98. The Labute approximate surface area is 148 Å². The second-order valence-corrected chi connectivity index (χ2v) is 9.67. The number of hydrogen-bond donors (Lipinski definition) is 1. The number of piperazine rings is 1. The minimum absolute atomic E-state index is 0.167. The molecule has 1 atom stereocenters. The quantitative estimate of drug-likeness (QED) is 0.786. The highest BCUT2D eigenvalue weighted by Gasteiger charge is 2.55. The predicted octanol–water partition coefficient (Wildman–Crippen LogP) is 0.793. The Morgan fingerprint density at radius 3 is 2.24 bits per heavy atom. The molecule has 0 radical (unpaired) electrons. The zero-order valence-electron chi connectivity index (χ0n) is 14.7. The summed E-state index contributed by atoms with van der Waals surface area (Å²) in [5, 5.41) is 9.15. The van der Waals surface area contributed by atoms with Crippen LogP contribution in [0.25, 0.3) is 0 Å². The summed E-state index contributed by atoms with van der Waals surface area (Å²) in [4.78, 5) is 27.0. The largest absolute Gasteiger partial charge is 0.481 e. The number of carbonyl (C=O) groups excluding carboxylic acids is 1. The minimum Gasteiger partial charge on any atom is -0.481 e. The number of urea groups is 1. The van der Waals surface area contributed by atoms with Gasteiger partial charge in [-0.3, -0.25) is 4.79 Å². The minimum atomic E-state index is -3.29. The Morgan fingerprint density at radius 1 is 1.08 bits per heavy atom. The van der Waals surface area contributed by atoms with E-state index in [4.69, 9.17) is 5.11 Å². The monoisotopic (exact) mass is 373 g/mol. The third-order valence-electron chi connectivity index (χ3n) is 5.89. The number of rotatable bonds is 4. The van der Waals surface area contributed by atoms with Crippen molar-refractivity contribution in [2.45, 2.75) is 43.8 Å². The molecular weight excluding hydrogens is 346 g/mol. The van der Waals surface area contributed by atoms with Gasteiger partial charge in [-0.2, -0.15) is 4.31 Å². The molecule has 2 aliphatic heterocycles. The summed E-state index contributed by atoms with van der Waals surface area (Å²) < 4.78 is 26.5. The van der Waals surface area contributed by atoms with Crippen LogP contribution < -0.4 is 0 Å². The van der Waals surface area contributed by atoms with Crippen LogP contribution in [-0.4, -0.2) is 83.6 Å². The third kappa shape index (κ3) is 3.36. The average molecular weight is 373 g/mol. The van der Waals surface area contributed by atoms with Crippen molar-refractivity contribution in [2.75, 3.05) is 39.3 Å². The van der Waals surface area contributed by atoms with Crippen molar-refractivity contribution in [1.29, 1.82) is 0 Å². The van der Waals surface area contributed by atoms with Crippen LogP contribution in [-0.2, 0) is 14.8 Å². The maximum absolute atomic E-state index is 12.7. The number of sulfonamides is 1. The summed E-state index contributed by atoms with van der Waals surface area (Å²) in [6, 6.07) is -0.167. The van der Waals surface area contributed by atoms with E-state index in [1.165, 1.54) is 4.31 Å². The van der Waals surface area contributed by atoms with Crippen molar-refractivity contribution in [1.82, 2.24) is 14.1 Å². The second-order valence-electron chi connectivity index (χ2n) is 7.33. The molecule has 0 aromatic heterocycles. The van der Waals surface area contributed by atoms with E-state index in [1.54, 1.807) is 9.80 Å². The summed E-state index contributed by atoms with van der Waals surface area (Å²) in [6.45, 7) is 4.11. The molecule has 2 amide bonds. The van der Waals surface area contributed by atoms with Gasteiger partial charge in [0.25, 0.3) is 0 Å². The lowest BCUT2D eigenvalue weighted by atomic mass is 9.98. The molecule has 0 aromatic rings. The zero-order valence-corrected chi connectivity index (χ0v) is 15.5. The van der Waals surface area contributed by atoms with Gasteiger partial charge < -0.3 is 14.9 Å². The van der Waals surface area contributed by atoms with Gasteiger partial charge >= 0.3 is 12.0 Å². The first-order chi connectivity index (χ1) is 11.8. The molecule has 0 aromatic carbocycles. The third-order valence-corrected chi connectivity index (χ3v) is 8.73. The molecule has 3 fully saturated rings. The number of nitrogens with zero attached hydrogens (tertiary/aromatic N) is 3. The van der Waals surface area contributed by atoms with E-state index < -0.39 is 26.7 Å². The summed E-state index contributed by atoms with van der Waals surface area (Å²) >= 11 is 0. The van der Waals surface area contributed by atoms with Gasteiger partial charge in [0.2, 0.25) is 10.0 Å². The summed E-state index contributed by atoms with van der Waals surface area (Å²) in [5.41, 5.74) is 0. The molecule has 1 N–H and O–H groups in total. The highest BCUT2D eigenvalue weighted by molar-refractivity contribution is 7.90. The highest BCUT2D eigenvalue weighted by Crippen LogP contribution is 2.47. The molecule has 142 valence electrons. The normalized spacial score (nSPS) is 27.2. The van der Waals surface area contributed by atoms with Crippen molar-refractivity contribution < 1.29 is 23.1 Å². The van der Waals surface area contributed by atoms with Crippen LogP contribution in [0, 0.1) is 5.92 Å². The Bertz CT molecular complexity index is 638. The van der Waals surface area contributed by atoms with Crippen LogP contribution >= 0.6 is 0 Å². The van der Waals surface area contributed by atoms with Crippen molar-refractivity contribution in [3.05, 3.63) is 0 Å². The number of likely N-dealkylation sites (tertiary alicyclic amines) is 1. The average Bonchev–Trinajstić information content (AvgIpc) is 3.43. The van der Waals surface area contributed by atoms with Crippen LogP contribution in [0.4, 0.5) is 4.79 Å². The molecule has 3 rings (SSSR count). The van der Waals surface area contributed by atoms with Crippen LogP contribution in [0.15, 0.2) is 0 Å². The number of carboxylic acid groups (broad SMARTS) is 1. The molecule has 2 saturated heterocycles. The van der Waals surface area contributed by atoms with Crippen molar-refractivity contribution in [2.24, 2.45) is 5.92 Å². The molecule has 3 aliphatic rings. The predicted molar refractivity (Wildman–Crippen MR) is 91.7 cm³/mol. The van der Waals surface area contributed by atoms with Crippen molar-refractivity contribution in [3.8, 4) is 0 Å². The van der Waals surface area contributed by atoms with E-state index in [2.05, 4.69) is 0 Å². The highest BCUT2D eigenvalue weighted by atomic mass is 32.2. The second kappa shape index (κ2) is 6.75. The topological polar surface area (TPSA) is 98.2 Å². The molecule has 2 heterocycles. The lowest BCUT2D eigenvalue weighted by Crippen LogP contribution is -2.57. The van der Waals surface area contributed by atoms with Gasteiger partial charge in [0.05, 0.1) is 10.7 Å². The number of carbonyl (C=O) groups is 2. The fourth-order valence-corrected chi connectivity index (χ4v) is 6.05. The summed E-state index contributed by atoms with van der Waals surface area (Å²) in [5.74, 6) is -1.36. The van der Waals surface area contributed by atoms with Gasteiger partial charge in [0, 0.05) is 39.3 Å². The first kappa shape index (κ1) is 18.4. The van der Waals surface area contributed by atoms with Crippen LogP contribution in [0.3, 0.4) is 0 Å². The maximum Gasteiger partial charge on any atom is 0.320 e. The first-order valence-corrected chi connectivity index (χ1v) is 10.5. The number of carboxylic acids is 1. The van der Waals surface area contributed by atoms with Crippen LogP contribution in [0.5, 0.6) is 0 Å². The Hall–Kier alpha value is -1.35. The standard InChI is InChI=1S/C16H27N3O5S/c1-2-16(5-6-16)25(23,24)19-10-8-17(9-11-19)15(22)18-7-3-4-13(12-18)14(20)21/h13H,2-12H2,1H3,(H,20,21). The summed E-state index contributed by atoms with van der Waals surface area (Å²) in [7, 11) is -3.29. The van der Waals surface area contributed by atoms with E-state index in [-0.39, 0.29) is 12.6 Å². The van der Waals surface area contributed by atoms with Gasteiger partial charge in [-0.1, -0.05) is 6.92 Å². The van der Waals surface area contributed by atoms with Gasteiger partial charge in [0.15, 0.2) is 0 Å². The molecule has 8 nitrogen and oxygen atoms in total. The van der Waals surface area contributed by atoms with E-state index >= 15 is 0 Å². The molecule has 0 spiro atoms. The smallest absolute Gasteiger partial charge is 0.320 e. The molecule has 1 unspecified atom stereocenters. The molecular formula is C16H27N3O5S. The van der Waals surface area contributed by atoms with Crippen LogP contribution in [0.2, 0.25) is 0 Å². The Morgan fingerprint density at radius 2 is 1.72 bits per heavy atom. The Balaban J connectivity index is 1.57. The van der Waals surface area contributed by atoms with Crippen molar-refractivity contribution in [3.63, 3.8) is 0 Å². The number of piperidine rings is 1. The van der Waals surface area contributed by atoms with Gasteiger partial charge in [0.1, 0.15) is 0 Å². The van der Waals surface area contributed by atoms with E-state index in [1.807, 2.05) is 6.92 Å². The first-order valence-electron chi connectivity index (χ1n) is 9.07. The van der Waals surface area contributed by atoms with E-state index in [9.17, 15) is 18.0 Å². The lowest BCUT2D eigenvalue weighted by Gasteiger charge is -2.40. The SMILES string of the molecule is CCC1(S(=O)(=O)N2CCN(C(=O)N3CCCC(C(=O)O)C3)CC2)CC1. The van der Waals surface area contributed by atoms with Gasteiger partial charge in [-0.25, -0.2) is 13.2 Å². The molecule has 1 aliphatic carbocycles. The van der Waals surface area contributed by atoms with E-state index in [0.29, 0.717) is 52.0 Å². The summed E-state index contributed by atoms with van der Waals surface area (Å²) in [6.07, 6.45) is 3.39. The number of aliphatic carboxylic acids is 1. The molecule has 1 saturated carbocycles. The molecule has 9 heteroatoms. The number of hydrogen-bond acceptors (Lipinski definition) is 4. The van der Waals surface area contributed by atoms with Crippen LogP contribution in [0.1, 0.15) is 39.0 Å². The van der Waals surface area contributed by atoms with Crippen molar-refractivity contribution >= 4 is 22.0 Å². The number of amides is 2. The van der Waals surface area contributed by atoms with E-state index in [0.717, 1.165) is 12.8 Å². The lowest BCUT2D eigenvalue weighted by molar-refractivity contribution is -0.143. The fraction of sp³-hybridized carbons (Fsp3) is 0.875. The van der Waals surface area contributed by atoms with Gasteiger partial charge in [-0.15, -0.1) is 0 Å². The van der Waals surface area contributed by atoms with Gasteiger partial charge in [-0.05, 0) is 32.1 Å². The zero-order chi connectivity index (χ0) is 18.2. The fourth-order valence-electron chi connectivity index (χ4n) is 3.88. The molecule has 0 bridgehead atoms. The maximum atomic E-state index is 12.7.